The van der Waals surface area contributed by atoms with E-state index in [-0.39, 0.29) is 0 Å². The quantitative estimate of drug-likeness (QED) is 0.767. The van der Waals surface area contributed by atoms with Crippen LogP contribution in [0.15, 0.2) is 29.7 Å². The number of hydrogen-bond acceptors (Lipinski definition) is 2. The van der Waals surface area contributed by atoms with Gasteiger partial charge in [0.15, 0.2) is 0 Å². The summed E-state index contributed by atoms with van der Waals surface area (Å²) in [7, 11) is 0. The molecule has 1 saturated carbocycles. The van der Waals surface area contributed by atoms with E-state index < -0.39 is 0 Å². The highest BCUT2D eigenvalue weighted by Crippen LogP contribution is 2.42. The molecule has 2 bridgehead atoms. The van der Waals surface area contributed by atoms with Crippen LogP contribution >= 0.6 is 11.3 Å². The van der Waals surface area contributed by atoms with Gasteiger partial charge < -0.3 is 5.32 Å². The second kappa shape index (κ2) is 4.11. The Kier molecular flexibility index (Phi) is 2.63. The second-order valence-electron chi connectivity index (χ2n) is 4.75. The van der Waals surface area contributed by atoms with E-state index in [0.717, 1.165) is 24.3 Å². The summed E-state index contributed by atoms with van der Waals surface area (Å²) in [5.74, 6) is 2.69. The highest BCUT2D eigenvalue weighted by molar-refractivity contribution is 7.09. The normalized spacial score (nSPS) is 32.7. The SMILES string of the molecule is C1=CC2CC1CC2CNCc1cccs1. The third-order valence-corrected chi connectivity index (χ3v) is 4.58. The average molecular weight is 219 g/mol. The fourth-order valence-electron chi connectivity index (χ4n) is 2.92. The molecule has 0 spiro atoms. The van der Waals surface area contributed by atoms with Gasteiger partial charge in [-0.1, -0.05) is 18.2 Å². The molecule has 3 unspecified atom stereocenters. The van der Waals surface area contributed by atoms with Crippen molar-refractivity contribution < 1.29 is 0 Å². The Hall–Kier alpha value is -0.600. The summed E-state index contributed by atoms with van der Waals surface area (Å²) in [4.78, 5) is 1.45. The van der Waals surface area contributed by atoms with Crippen LogP contribution in [0.3, 0.4) is 0 Å². The van der Waals surface area contributed by atoms with E-state index in [4.69, 9.17) is 0 Å². The standard InChI is InChI=1S/C13H17NS/c1-2-13(15-5-1)9-14-8-12-7-10-3-4-11(12)6-10/h1-5,10-12,14H,6-9H2. The van der Waals surface area contributed by atoms with E-state index in [2.05, 4.69) is 35.0 Å². The summed E-state index contributed by atoms with van der Waals surface area (Å²) in [6.45, 7) is 2.25. The molecule has 1 N–H and O–H groups in total. The molecule has 3 rings (SSSR count). The fraction of sp³-hybridized carbons (Fsp3) is 0.538. The molecule has 1 nitrogen and oxygen atoms in total. The van der Waals surface area contributed by atoms with Crippen LogP contribution in [0.25, 0.3) is 0 Å². The lowest BCUT2D eigenvalue weighted by Gasteiger charge is -2.18. The second-order valence-corrected chi connectivity index (χ2v) is 5.78. The largest absolute Gasteiger partial charge is 0.312 e. The molecule has 2 heteroatoms. The van der Waals surface area contributed by atoms with Crippen LogP contribution < -0.4 is 5.32 Å². The van der Waals surface area contributed by atoms with Crippen LogP contribution in [0.1, 0.15) is 17.7 Å². The van der Waals surface area contributed by atoms with E-state index in [0.29, 0.717) is 0 Å². The molecule has 1 fully saturated rings. The van der Waals surface area contributed by atoms with Crippen molar-refractivity contribution >= 4 is 11.3 Å². The predicted molar refractivity (Wildman–Crippen MR) is 64.9 cm³/mol. The number of nitrogens with one attached hydrogen (secondary N) is 1. The van der Waals surface area contributed by atoms with Crippen molar-refractivity contribution in [1.82, 2.24) is 5.32 Å². The molecule has 15 heavy (non-hydrogen) atoms. The Balaban J connectivity index is 1.45. The number of allylic oxidation sites excluding steroid dienone is 2. The van der Waals surface area contributed by atoms with Crippen molar-refractivity contribution in [2.24, 2.45) is 17.8 Å². The maximum atomic E-state index is 3.59. The molecule has 0 radical (unpaired) electrons. The van der Waals surface area contributed by atoms with Gasteiger partial charge in [0.25, 0.3) is 0 Å². The highest BCUT2D eigenvalue weighted by atomic mass is 32.1. The van der Waals surface area contributed by atoms with Crippen molar-refractivity contribution in [1.29, 1.82) is 0 Å². The van der Waals surface area contributed by atoms with E-state index in [9.17, 15) is 0 Å². The van der Waals surface area contributed by atoms with Gasteiger partial charge in [0.2, 0.25) is 0 Å². The molecule has 1 aromatic rings. The minimum atomic E-state index is 0.880. The Labute approximate surface area is 95.2 Å². The van der Waals surface area contributed by atoms with E-state index in [1.165, 1.54) is 24.3 Å². The van der Waals surface area contributed by atoms with E-state index in [1.807, 2.05) is 11.3 Å². The summed E-state index contributed by atoms with van der Waals surface area (Å²) in [5, 5.41) is 5.74. The van der Waals surface area contributed by atoms with E-state index >= 15 is 0 Å². The zero-order valence-electron chi connectivity index (χ0n) is 8.86. The predicted octanol–water partition coefficient (Wildman–Crippen LogP) is 3.05. The lowest BCUT2D eigenvalue weighted by Crippen LogP contribution is -2.24. The van der Waals surface area contributed by atoms with Crippen LogP contribution in [-0.2, 0) is 6.54 Å². The van der Waals surface area contributed by atoms with Crippen molar-refractivity contribution in [2.45, 2.75) is 19.4 Å². The number of fused-ring (bicyclic) bond motifs is 2. The van der Waals surface area contributed by atoms with Gasteiger partial charge in [-0.05, 0) is 48.6 Å². The summed E-state index contributed by atoms with van der Waals surface area (Å²) >= 11 is 1.84. The molecule has 2 aliphatic carbocycles. The van der Waals surface area contributed by atoms with Gasteiger partial charge in [-0.25, -0.2) is 0 Å². The Morgan fingerprint density at radius 2 is 2.33 bits per heavy atom. The van der Waals surface area contributed by atoms with E-state index in [1.54, 1.807) is 0 Å². The van der Waals surface area contributed by atoms with Crippen LogP contribution in [0.5, 0.6) is 0 Å². The molecule has 0 saturated heterocycles. The van der Waals surface area contributed by atoms with Crippen LogP contribution in [0.4, 0.5) is 0 Å². The molecule has 1 heterocycles. The van der Waals surface area contributed by atoms with Gasteiger partial charge in [-0.3, -0.25) is 0 Å². The molecule has 0 aromatic carbocycles. The topological polar surface area (TPSA) is 12.0 Å². The first-order valence-electron chi connectivity index (χ1n) is 5.83. The summed E-state index contributed by atoms with van der Waals surface area (Å²) in [6, 6.07) is 4.33. The van der Waals surface area contributed by atoms with Crippen LogP contribution in [-0.4, -0.2) is 6.54 Å². The minimum absolute atomic E-state index is 0.880. The Morgan fingerprint density at radius 3 is 3.00 bits per heavy atom. The number of rotatable bonds is 4. The van der Waals surface area contributed by atoms with Gasteiger partial charge in [0.05, 0.1) is 0 Å². The van der Waals surface area contributed by atoms with Crippen LogP contribution in [0, 0.1) is 17.8 Å². The van der Waals surface area contributed by atoms with Crippen molar-refractivity contribution in [2.75, 3.05) is 6.54 Å². The zero-order valence-corrected chi connectivity index (χ0v) is 9.67. The highest BCUT2D eigenvalue weighted by Gasteiger charge is 2.34. The number of thiophene rings is 1. The lowest BCUT2D eigenvalue weighted by molar-refractivity contribution is 0.415. The van der Waals surface area contributed by atoms with Gasteiger partial charge in [-0.15, -0.1) is 11.3 Å². The molecular formula is C13H17NS. The lowest BCUT2D eigenvalue weighted by atomic mass is 9.94. The average Bonchev–Trinajstić information content (AvgIpc) is 2.93. The maximum absolute atomic E-state index is 3.59. The van der Waals surface area contributed by atoms with Gasteiger partial charge >= 0.3 is 0 Å². The first-order valence-corrected chi connectivity index (χ1v) is 6.71. The first kappa shape index (κ1) is 9.61. The summed E-state index contributed by atoms with van der Waals surface area (Å²) in [5.41, 5.74) is 0. The maximum Gasteiger partial charge on any atom is 0.0299 e. The smallest absolute Gasteiger partial charge is 0.0299 e. The van der Waals surface area contributed by atoms with Crippen molar-refractivity contribution in [3.8, 4) is 0 Å². The molecule has 3 atom stereocenters. The molecule has 0 amide bonds. The monoisotopic (exact) mass is 219 g/mol. The third-order valence-electron chi connectivity index (χ3n) is 3.70. The van der Waals surface area contributed by atoms with Crippen LogP contribution in [0.2, 0.25) is 0 Å². The zero-order chi connectivity index (χ0) is 10.1. The minimum Gasteiger partial charge on any atom is -0.312 e. The van der Waals surface area contributed by atoms with Gasteiger partial charge in [-0.2, -0.15) is 0 Å². The molecule has 80 valence electrons. The molecule has 0 aliphatic heterocycles. The van der Waals surface area contributed by atoms with Gasteiger partial charge in [0.1, 0.15) is 0 Å². The Bertz CT molecular complexity index is 341. The molecule has 2 aliphatic rings. The fourth-order valence-corrected chi connectivity index (χ4v) is 3.60. The Morgan fingerprint density at radius 1 is 1.33 bits per heavy atom. The number of hydrogen-bond donors (Lipinski definition) is 1. The summed E-state index contributed by atoms with van der Waals surface area (Å²) in [6.07, 6.45) is 7.69. The molecular weight excluding hydrogens is 202 g/mol. The first-order chi connectivity index (χ1) is 7.42. The third kappa shape index (κ3) is 2.01. The van der Waals surface area contributed by atoms with Gasteiger partial charge in [0, 0.05) is 11.4 Å². The van der Waals surface area contributed by atoms with Crippen molar-refractivity contribution in [3.63, 3.8) is 0 Å². The van der Waals surface area contributed by atoms with Crippen molar-refractivity contribution in [3.05, 3.63) is 34.5 Å². The molecule has 1 aromatic heterocycles. The summed E-state index contributed by atoms with van der Waals surface area (Å²) < 4.78 is 0.